The van der Waals surface area contributed by atoms with E-state index in [1.165, 1.54) is 47.5 Å². The average Bonchev–Trinajstić information content (AvgIpc) is 3.22. The predicted octanol–water partition coefficient (Wildman–Crippen LogP) is 4.05. The van der Waals surface area contributed by atoms with Crippen LogP contribution in [0.3, 0.4) is 0 Å². The summed E-state index contributed by atoms with van der Waals surface area (Å²) in [5, 5.41) is 3.97. The fourth-order valence-electron chi connectivity index (χ4n) is 3.41. The van der Waals surface area contributed by atoms with Crippen LogP contribution in [-0.4, -0.2) is 24.6 Å². The van der Waals surface area contributed by atoms with Crippen LogP contribution in [-0.2, 0) is 16.2 Å². The number of rotatable bonds is 7. The number of anilines is 1. The summed E-state index contributed by atoms with van der Waals surface area (Å²) in [6.45, 7) is 0.532. The average molecular weight is 449 g/mol. The SMILES string of the molecule is O=C(N/N=C\c1ccc(OCc2ccc(F)cc2)cc1)[C@@H]1CC(=O)N(c2ccc(F)cc2)C1. The third-order valence-electron chi connectivity index (χ3n) is 5.22. The highest BCUT2D eigenvalue weighted by Gasteiger charge is 2.35. The highest BCUT2D eigenvalue weighted by atomic mass is 19.1. The van der Waals surface area contributed by atoms with Crippen molar-refractivity contribution >= 4 is 23.7 Å². The molecule has 0 saturated carbocycles. The van der Waals surface area contributed by atoms with Gasteiger partial charge in [0.05, 0.1) is 12.1 Å². The zero-order valence-electron chi connectivity index (χ0n) is 17.6. The van der Waals surface area contributed by atoms with Crippen LogP contribution in [0.15, 0.2) is 77.9 Å². The van der Waals surface area contributed by atoms with Crippen LogP contribution in [0.25, 0.3) is 0 Å². The van der Waals surface area contributed by atoms with Crippen molar-refractivity contribution in [3.05, 3.63) is 95.6 Å². The van der Waals surface area contributed by atoms with E-state index in [1.807, 2.05) is 0 Å². The monoisotopic (exact) mass is 449 g/mol. The minimum absolute atomic E-state index is 0.0683. The van der Waals surface area contributed by atoms with Gasteiger partial charge in [-0.1, -0.05) is 12.1 Å². The van der Waals surface area contributed by atoms with E-state index < -0.39 is 5.92 Å². The number of benzene rings is 3. The number of carbonyl (C=O) groups excluding carboxylic acids is 2. The first-order valence-electron chi connectivity index (χ1n) is 10.3. The Morgan fingerprint density at radius 1 is 1.00 bits per heavy atom. The van der Waals surface area contributed by atoms with Crippen LogP contribution < -0.4 is 15.1 Å². The van der Waals surface area contributed by atoms with Crippen molar-refractivity contribution in [2.75, 3.05) is 11.4 Å². The first-order chi connectivity index (χ1) is 16.0. The van der Waals surface area contributed by atoms with Gasteiger partial charge in [0.15, 0.2) is 0 Å². The van der Waals surface area contributed by atoms with Crippen LogP contribution in [0.5, 0.6) is 5.75 Å². The predicted molar refractivity (Wildman–Crippen MR) is 120 cm³/mol. The number of hydrogen-bond acceptors (Lipinski definition) is 4. The Labute approximate surface area is 189 Å². The van der Waals surface area contributed by atoms with Crippen LogP contribution in [0.1, 0.15) is 17.5 Å². The van der Waals surface area contributed by atoms with Crippen molar-refractivity contribution in [2.24, 2.45) is 11.0 Å². The summed E-state index contributed by atoms with van der Waals surface area (Å²) in [5.41, 5.74) is 4.63. The molecule has 1 aliphatic rings. The fraction of sp³-hybridized carbons (Fsp3) is 0.160. The molecule has 33 heavy (non-hydrogen) atoms. The topological polar surface area (TPSA) is 71.0 Å². The third kappa shape index (κ3) is 5.79. The lowest BCUT2D eigenvalue weighted by atomic mass is 10.1. The number of halogens is 2. The van der Waals surface area contributed by atoms with Gasteiger partial charge in [-0.2, -0.15) is 5.10 Å². The fourth-order valence-corrected chi connectivity index (χ4v) is 3.41. The Bertz CT molecular complexity index is 1150. The molecular formula is C25H21F2N3O3. The maximum absolute atomic E-state index is 13.1. The quantitative estimate of drug-likeness (QED) is 0.437. The molecule has 4 rings (SSSR count). The lowest BCUT2D eigenvalue weighted by Crippen LogP contribution is -2.30. The van der Waals surface area contributed by atoms with Crippen molar-refractivity contribution in [2.45, 2.75) is 13.0 Å². The van der Waals surface area contributed by atoms with E-state index in [9.17, 15) is 18.4 Å². The molecule has 0 aromatic heterocycles. The van der Waals surface area contributed by atoms with E-state index in [2.05, 4.69) is 10.5 Å². The molecule has 0 spiro atoms. The van der Waals surface area contributed by atoms with Gasteiger partial charge in [0.25, 0.3) is 0 Å². The van der Waals surface area contributed by atoms with E-state index in [-0.39, 0.29) is 36.4 Å². The normalized spacial score (nSPS) is 15.8. The number of nitrogens with one attached hydrogen (secondary N) is 1. The number of nitrogens with zero attached hydrogens (tertiary/aromatic N) is 2. The van der Waals surface area contributed by atoms with Gasteiger partial charge in [0.1, 0.15) is 24.0 Å². The summed E-state index contributed by atoms with van der Waals surface area (Å²) in [7, 11) is 0. The van der Waals surface area contributed by atoms with Gasteiger partial charge in [-0.15, -0.1) is 0 Å². The Kier molecular flexibility index (Phi) is 6.73. The van der Waals surface area contributed by atoms with Crippen molar-refractivity contribution in [3.63, 3.8) is 0 Å². The molecule has 3 aromatic rings. The first-order valence-corrected chi connectivity index (χ1v) is 10.3. The highest BCUT2D eigenvalue weighted by molar-refractivity contribution is 6.00. The first kappa shape index (κ1) is 22.1. The highest BCUT2D eigenvalue weighted by Crippen LogP contribution is 2.25. The van der Waals surface area contributed by atoms with Gasteiger partial charge in [-0.05, 0) is 71.8 Å². The molecule has 1 N–H and O–H groups in total. The molecule has 2 amide bonds. The zero-order valence-corrected chi connectivity index (χ0v) is 17.6. The van der Waals surface area contributed by atoms with Crippen molar-refractivity contribution < 1.29 is 23.1 Å². The minimum Gasteiger partial charge on any atom is -0.489 e. The number of amides is 2. The summed E-state index contributed by atoms with van der Waals surface area (Å²) in [6.07, 6.45) is 1.56. The summed E-state index contributed by atoms with van der Waals surface area (Å²) < 4.78 is 31.7. The Hall–Kier alpha value is -4.07. The lowest BCUT2D eigenvalue weighted by Gasteiger charge is -2.16. The number of ether oxygens (including phenoxy) is 1. The molecule has 168 valence electrons. The maximum Gasteiger partial charge on any atom is 0.245 e. The van der Waals surface area contributed by atoms with Crippen molar-refractivity contribution in [3.8, 4) is 5.75 Å². The summed E-state index contributed by atoms with van der Waals surface area (Å²) >= 11 is 0. The molecule has 1 heterocycles. The Morgan fingerprint density at radius 2 is 1.64 bits per heavy atom. The van der Waals surface area contributed by atoms with Gasteiger partial charge in [0.2, 0.25) is 11.8 Å². The molecule has 0 unspecified atom stereocenters. The summed E-state index contributed by atoms with van der Waals surface area (Å²) in [5.74, 6) is -1.13. The molecule has 0 radical (unpaired) electrons. The number of hydrogen-bond donors (Lipinski definition) is 1. The Morgan fingerprint density at radius 3 is 2.30 bits per heavy atom. The maximum atomic E-state index is 13.1. The Balaban J connectivity index is 1.26. The number of carbonyl (C=O) groups is 2. The van der Waals surface area contributed by atoms with Crippen molar-refractivity contribution in [1.29, 1.82) is 0 Å². The molecule has 8 heteroatoms. The van der Waals surface area contributed by atoms with Crippen LogP contribution in [0, 0.1) is 17.6 Å². The van der Waals surface area contributed by atoms with Gasteiger partial charge in [-0.3, -0.25) is 9.59 Å². The second-order valence-corrected chi connectivity index (χ2v) is 7.60. The molecule has 1 aliphatic heterocycles. The second-order valence-electron chi connectivity index (χ2n) is 7.60. The lowest BCUT2D eigenvalue weighted by molar-refractivity contribution is -0.126. The molecule has 6 nitrogen and oxygen atoms in total. The molecule has 1 atom stereocenters. The van der Waals surface area contributed by atoms with Gasteiger partial charge in [0, 0.05) is 18.7 Å². The molecule has 3 aromatic carbocycles. The van der Waals surface area contributed by atoms with Crippen molar-refractivity contribution in [1.82, 2.24) is 5.43 Å². The van der Waals surface area contributed by atoms with Gasteiger partial charge < -0.3 is 9.64 Å². The standard InChI is InChI=1S/C25H21F2N3O3/c26-20-5-1-18(2-6-20)16-33-23-11-3-17(4-12-23)14-28-29-25(32)19-13-24(31)30(15-19)22-9-7-21(27)8-10-22/h1-12,14,19H,13,15-16H2,(H,29,32)/b28-14-/t19-/m1/s1. The zero-order chi connectivity index (χ0) is 23.2. The molecule has 0 aliphatic carbocycles. The van der Waals surface area contributed by atoms with E-state index in [1.54, 1.807) is 36.4 Å². The van der Waals surface area contributed by atoms with Crippen LogP contribution >= 0.6 is 0 Å². The van der Waals surface area contributed by atoms with Gasteiger partial charge in [-0.25, -0.2) is 14.2 Å². The second kappa shape index (κ2) is 10.0. The molecule has 1 fully saturated rings. The molecule has 0 bridgehead atoms. The molecular weight excluding hydrogens is 428 g/mol. The third-order valence-corrected chi connectivity index (χ3v) is 5.22. The summed E-state index contributed by atoms with van der Waals surface area (Å²) in [6, 6.07) is 18.8. The van der Waals surface area contributed by atoms with E-state index in [0.29, 0.717) is 18.0 Å². The van der Waals surface area contributed by atoms with Crippen LogP contribution in [0.4, 0.5) is 14.5 Å². The summed E-state index contributed by atoms with van der Waals surface area (Å²) in [4.78, 5) is 26.1. The number of hydrazone groups is 1. The van der Waals surface area contributed by atoms with E-state index >= 15 is 0 Å². The van der Waals surface area contributed by atoms with E-state index in [4.69, 9.17) is 4.74 Å². The van der Waals surface area contributed by atoms with Crippen LogP contribution in [0.2, 0.25) is 0 Å². The van der Waals surface area contributed by atoms with Gasteiger partial charge >= 0.3 is 0 Å². The minimum atomic E-state index is -0.540. The smallest absolute Gasteiger partial charge is 0.245 e. The van der Waals surface area contributed by atoms with E-state index in [0.717, 1.165) is 11.1 Å². The largest absolute Gasteiger partial charge is 0.489 e. The molecule has 1 saturated heterocycles.